The minimum atomic E-state index is -0.0351. The van der Waals surface area contributed by atoms with Gasteiger partial charge in [0.05, 0.1) is 0 Å². The largest absolute Gasteiger partial charge is 0.487 e. The van der Waals surface area contributed by atoms with E-state index >= 15 is 0 Å². The van der Waals surface area contributed by atoms with Crippen molar-refractivity contribution in [2.24, 2.45) is 0 Å². The topological polar surface area (TPSA) is 18.5 Å². The Bertz CT molecular complexity index is 1700. The van der Waals surface area contributed by atoms with Crippen molar-refractivity contribution in [1.29, 1.82) is 0 Å². The van der Waals surface area contributed by atoms with E-state index in [0.717, 1.165) is 22.7 Å². The molecule has 2 nitrogen and oxygen atoms in total. The van der Waals surface area contributed by atoms with Gasteiger partial charge in [-0.15, -0.1) is 0 Å². The van der Waals surface area contributed by atoms with Gasteiger partial charge in [0.25, 0.3) is 6.71 Å². The summed E-state index contributed by atoms with van der Waals surface area (Å²) in [6.45, 7) is 13.6. The van der Waals surface area contributed by atoms with E-state index in [4.69, 9.17) is 9.47 Å². The molecule has 2 aliphatic heterocycles. The third kappa shape index (κ3) is 3.80. The fraction of sp³-hybridized carbons (Fsp3) is 0.222. The van der Waals surface area contributed by atoms with Gasteiger partial charge in [0, 0.05) is 11.3 Å². The maximum absolute atomic E-state index is 7.04. The average Bonchev–Trinajstić information content (AvgIpc) is 2.91. The zero-order valence-electron chi connectivity index (χ0n) is 24.2. The second-order valence-corrected chi connectivity index (χ2v) is 12.0. The molecular formula is C36H34B2O2. The van der Waals surface area contributed by atoms with Crippen LogP contribution in [0.25, 0.3) is 0 Å². The summed E-state index contributed by atoms with van der Waals surface area (Å²) in [5, 5.41) is 0. The number of fused-ring (bicyclic) bond motifs is 5. The number of benzene rings is 4. The Morgan fingerprint density at radius 3 is 1.93 bits per heavy atom. The number of hydrogen-bond acceptors (Lipinski definition) is 2. The molecule has 4 aromatic carbocycles. The number of ether oxygens (including phenoxy) is 2. The van der Waals surface area contributed by atoms with Crippen LogP contribution in [-0.4, -0.2) is 19.5 Å². The SMILES string of the molecule is Cc1cc(C)c(B2c3ccccc3Oc3ccc4c(c32)OC2C=CC=CC2B4c2c(C)cc(C)cc2C)c(C)c1. The summed E-state index contributed by atoms with van der Waals surface area (Å²) < 4.78 is 13.7. The molecular weight excluding hydrogens is 486 g/mol. The van der Waals surface area contributed by atoms with E-state index in [1.807, 2.05) is 0 Å². The number of rotatable bonds is 2. The molecule has 0 amide bonds. The third-order valence-corrected chi connectivity index (χ3v) is 9.10. The summed E-state index contributed by atoms with van der Waals surface area (Å²) in [5.74, 6) is 3.04. The first kappa shape index (κ1) is 25.1. The van der Waals surface area contributed by atoms with E-state index in [9.17, 15) is 0 Å². The highest BCUT2D eigenvalue weighted by atomic mass is 16.5. The van der Waals surface area contributed by atoms with Crippen LogP contribution in [-0.2, 0) is 0 Å². The van der Waals surface area contributed by atoms with Crippen LogP contribution >= 0.6 is 0 Å². The first-order valence-corrected chi connectivity index (χ1v) is 14.4. The molecule has 2 unspecified atom stereocenters. The lowest BCUT2D eigenvalue weighted by atomic mass is 9.28. The van der Waals surface area contributed by atoms with Crippen molar-refractivity contribution in [2.75, 3.05) is 0 Å². The quantitative estimate of drug-likeness (QED) is 0.305. The fourth-order valence-corrected chi connectivity index (χ4v) is 7.77. The predicted octanol–water partition coefficient (Wildman–Crippen LogP) is 5.03. The molecule has 0 saturated carbocycles. The number of hydrogen-bond donors (Lipinski definition) is 0. The Balaban J connectivity index is 1.53. The van der Waals surface area contributed by atoms with E-state index in [1.54, 1.807) is 0 Å². The maximum atomic E-state index is 7.04. The van der Waals surface area contributed by atoms with Crippen molar-refractivity contribution in [3.8, 4) is 17.2 Å². The molecule has 0 N–H and O–H groups in total. The molecule has 40 heavy (non-hydrogen) atoms. The van der Waals surface area contributed by atoms with Crippen molar-refractivity contribution < 1.29 is 9.47 Å². The average molecular weight is 520 g/mol. The lowest BCUT2D eigenvalue weighted by Gasteiger charge is -2.41. The van der Waals surface area contributed by atoms with E-state index in [1.165, 1.54) is 55.2 Å². The van der Waals surface area contributed by atoms with Crippen molar-refractivity contribution in [3.63, 3.8) is 0 Å². The van der Waals surface area contributed by atoms with Gasteiger partial charge in [-0.3, -0.25) is 0 Å². The Morgan fingerprint density at radius 2 is 1.23 bits per heavy atom. The smallest absolute Gasteiger partial charge is 0.256 e. The minimum absolute atomic E-state index is 0.0241. The van der Waals surface area contributed by atoms with Crippen molar-refractivity contribution in [2.45, 2.75) is 53.5 Å². The van der Waals surface area contributed by atoms with Crippen LogP contribution in [0.1, 0.15) is 33.4 Å². The van der Waals surface area contributed by atoms with Crippen LogP contribution in [0, 0.1) is 41.5 Å². The molecule has 4 aromatic rings. The molecule has 0 spiro atoms. The molecule has 4 heteroatoms. The summed E-state index contributed by atoms with van der Waals surface area (Å²) in [6.07, 6.45) is 8.85. The third-order valence-electron chi connectivity index (χ3n) is 9.10. The highest BCUT2D eigenvalue weighted by Crippen LogP contribution is 2.36. The normalized spacial score (nSPS) is 18.4. The summed E-state index contributed by atoms with van der Waals surface area (Å²) in [5.41, 5.74) is 14.3. The number of para-hydroxylation sites is 1. The van der Waals surface area contributed by atoms with Gasteiger partial charge in [-0.25, -0.2) is 0 Å². The van der Waals surface area contributed by atoms with Gasteiger partial charge in [-0.05, 0) is 70.7 Å². The molecule has 1 aliphatic carbocycles. The van der Waals surface area contributed by atoms with Gasteiger partial charge in [-0.1, -0.05) is 111 Å². The van der Waals surface area contributed by atoms with Gasteiger partial charge in [-0.2, -0.15) is 0 Å². The van der Waals surface area contributed by atoms with Crippen LogP contribution in [0.2, 0.25) is 5.82 Å². The van der Waals surface area contributed by atoms with Crippen molar-refractivity contribution >= 4 is 40.7 Å². The molecule has 7 rings (SSSR count). The van der Waals surface area contributed by atoms with Crippen LogP contribution < -0.4 is 36.8 Å². The lowest BCUT2D eigenvalue weighted by molar-refractivity contribution is 0.248. The lowest BCUT2D eigenvalue weighted by Crippen LogP contribution is -2.62. The Kier molecular flexibility index (Phi) is 5.85. The van der Waals surface area contributed by atoms with Gasteiger partial charge < -0.3 is 9.47 Å². The monoisotopic (exact) mass is 520 g/mol. The Labute approximate surface area is 238 Å². The van der Waals surface area contributed by atoms with Crippen LogP contribution in [0.4, 0.5) is 0 Å². The van der Waals surface area contributed by atoms with Crippen LogP contribution in [0.5, 0.6) is 17.2 Å². The molecule has 0 radical (unpaired) electrons. The molecule has 0 fully saturated rings. The van der Waals surface area contributed by atoms with E-state index in [0.29, 0.717) is 0 Å². The molecule has 2 atom stereocenters. The summed E-state index contributed by atoms with van der Waals surface area (Å²) in [7, 11) is 0. The maximum Gasteiger partial charge on any atom is 0.256 e. The second kappa shape index (κ2) is 9.34. The minimum Gasteiger partial charge on any atom is -0.487 e. The summed E-state index contributed by atoms with van der Waals surface area (Å²) >= 11 is 0. The van der Waals surface area contributed by atoms with E-state index < -0.39 is 0 Å². The second-order valence-electron chi connectivity index (χ2n) is 12.0. The zero-order chi connectivity index (χ0) is 27.7. The van der Waals surface area contributed by atoms with E-state index in [2.05, 4.69) is 127 Å². The van der Waals surface area contributed by atoms with Crippen molar-refractivity contribution in [3.05, 3.63) is 118 Å². The molecule has 196 valence electrons. The Morgan fingerprint density at radius 1 is 0.600 bits per heavy atom. The van der Waals surface area contributed by atoms with Crippen molar-refractivity contribution in [1.82, 2.24) is 0 Å². The molecule has 0 bridgehead atoms. The Hall–Kier alpha value is -3.91. The summed E-state index contributed by atoms with van der Waals surface area (Å²) in [6, 6.07) is 22.2. The first-order chi connectivity index (χ1) is 19.3. The van der Waals surface area contributed by atoms with E-state index in [-0.39, 0.29) is 25.3 Å². The highest BCUT2D eigenvalue weighted by Gasteiger charge is 2.46. The van der Waals surface area contributed by atoms with Gasteiger partial charge in [0.2, 0.25) is 6.71 Å². The summed E-state index contributed by atoms with van der Waals surface area (Å²) in [4.78, 5) is 0. The molecule has 0 saturated heterocycles. The van der Waals surface area contributed by atoms with Gasteiger partial charge >= 0.3 is 0 Å². The fourth-order valence-electron chi connectivity index (χ4n) is 7.77. The number of allylic oxidation sites excluding steroid dienone is 2. The molecule has 3 aliphatic rings. The standard InChI is InChI=1S/C36H34B2O2/c1-21-17-23(3)33(24(4)18-21)37-27-11-7-10-14-31(27)40-36-29(37)15-16-32-35(36)38(28-12-8-9-13-30(28)39-32)34-25(5)19-22(2)20-26(34)6/h7-20,27,31H,1-6H3. The van der Waals surface area contributed by atoms with Crippen LogP contribution in [0.15, 0.2) is 85.0 Å². The van der Waals surface area contributed by atoms with Gasteiger partial charge in [0.1, 0.15) is 23.4 Å². The zero-order valence-corrected chi connectivity index (χ0v) is 24.2. The van der Waals surface area contributed by atoms with Gasteiger partial charge in [0.15, 0.2) is 0 Å². The van der Waals surface area contributed by atoms with Crippen LogP contribution in [0.3, 0.4) is 0 Å². The predicted molar refractivity (Wildman–Crippen MR) is 170 cm³/mol. The number of aryl methyl sites for hydroxylation is 6. The molecule has 0 aromatic heterocycles. The first-order valence-electron chi connectivity index (χ1n) is 14.4. The molecule has 2 heterocycles. The highest BCUT2D eigenvalue weighted by molar-refractivity contribution is 6.99.